The van der Waals surface area contributed by atoms with E-state index in [1.165, 1.54) is 0 Å². The molecule has 0 aromatic heterocycles. The van der Waals surface area contributed by atoms with Crippen LogP contribution < -0.4 is 11.2 Å². The standard InChI is InChI=1S/C10H22N4O/c1-13(2)12-10(15)9(11)8-4-6-14(3)7-5-8/h8-9H,4-7,11H2,1-3H3,(H,12,15). The Hall–Kier alpha value is -0.650. The van der Waals surface area contributed by atoms with Gasteiger partial charge in [0.15, 0.2) is 0 Å². The molecule has 1 saturated heterocycles. The first-order chi connectivity index (χ1) is 7.00. The molecule has 1 unspecified atom stereocenters. The van der Waals surface area contributed by atoms with Gasteiger partial charge < -0.3 is 10.6 Å². The second-order valence-electron chi connectivity index (χ2n) is 4.54. The topological polar surface area (TPSA) is 61.6 Å². The van der Waals surface area contributed by atoms with E-state index in [2.05, 4.69) is 17.4 Å². The number of carbonyl (C=O) groups is 1. The van der Waals surface area contributed by atoms with Gasteiger partial charge in [-0.1, -0.05) is 0 Å². The molecule has 5 heteroatoms. The monoisotopic (exact) mass is 214 g/mol. The highest BCUT2D eigenvalue weighted by atomic mass is 16.2. The quantitative estimate of drug-likeness (QED) is 0.607. The second-order valence-corrected chi connectivity index (χ2v) is 4.54. The summed E-state index contributed by atoms with van der Waals surface area (Å²) < 4.78 is 0. The summed E-state index contributed by atoms with van der Waals surface area (Å²) in [5, 5.41) is 1.64. The van der Waals surface area contributed by atoms with Crippen LogP contribution in [0.5, 0.6) is 0 Å². The minimum absolute atomic E-state index is 0.0745. The van der Waals surface area contributed by atoms with Crippen molar-refractivity contribution in [2.24, 2.45) is 11.7 Å². The number of rotatable bonds is 3. The molecular formula is C10H22N4O. The molecule has 1 amide bonds. The minimum Gasteiger partial charge on any atom is -0.320 e. The molecule has 0 saturated carbocycles. The van der Waals surface area contributed by atoms with E-state index >= 15 is 0 Å². The number of carbonyl (C=O) groups excluding carboxylic acids is 1. The van der Waals surface area contributed by atoms with Crippen LogP contribution in [-0.4, -0.2) is 56.1 Å². The molecule has 1 aliphatic heterocycles. The Morgan fingerprint density at radius 2 is 2.00 bits per heavy atom. The summed E-state index contributed by atoms with van der Waals surface area (Å²) in [4.78, 5) is 13.9. The normalized spacial score (nSPS) is 21.7. The van der Waals surface area contributed by atoms with Gasteiger partial charge in [0.1, 0.15) is 0 Å². The van der Waals surface area contributed by atoms with Gasteiger partial charge in [-0.2, -0.15) is 0 Å². The fourth-order valence-corrected chi connectivity index (χ4v) is 1.90. The molecule has 1 rings (SSSR count). The summed E-state index contributed by atoms with van der Waals surface area (Å²) in [6.07, 6.45) is 2.02. The van der Waals surface area contributed by atoms with Gasteiger partial charge >= 0.3 is 0 Å². The Morgan fingerprint density at radius 1 is 1.47 bits per heavy atom. The van der Waals surface area contributed by atoms with Crippen LogP contribution in [0.1, 0.15) is 12.8 Å². The molecule has 0 aliphatic carbocycles. The van der Waals surface area contributed by atoms with E-state index in [4.69, 9.17) is 5.73 Å². The third-order valence-corrected chi connectivity index (χ3v) is 2.91. The molecule has 0 radical (unpaired) electrons. The predicted molar refractivity (Wildman–Crippen MR) is 60.0 cm³/mol. The minimum atomic E-state index is -0.374. The largest absolute Gasteiger partial charge is 0.320 e. The molecule has 0 aromatic rings. The van der Waals surface area contributed by atoms with Crippen molar-refractivity contribution >= 4 is 5.91 Å². The zero-order valence-corrected chi connectivity index (χ0v) is 9.86. The number of nitrogens with two attached hydrogens (primary N) is 1. The summed E-state index contributed by atoms with van der Waals surface area (Å²) in [6.45, 7) is 2.07. The van der Waals surface area contributed by atoms with Crippen molar-refractivity contribution in [1.82, 2.24) is 15.3 Å². The van der Waals surface area contributed by atoms with Crippen LogP contribution in [0.2, 0.25) is 0 Å². The molecule has 1 fully saturated rings. The van der Waals surface area contributed by atoms with Crippen molar-refractivity contribution in [3.8, 4) is 0 Å². The molecule has 3 N–H and O–H groups in total. The number of likely N-dealkylation sites (tertiary alicyclic amines) is 1. The van der Waals surface area contributed by atoms with Gasteiger partial charge in [-0.05, 0) is 38.9 Å². The highest BCUT2D eigenvalue weighted by molar-refractivity contribution is 5.81. The molecule has 0 aromatic carbocycles. The Kier molecular flexibility index (Phi) is 4.50. The first kappa shape index (κ1) is 12.4. The Balaban J connectivity index is 2.39. The van der Waals surface area contributed by atoms with Crippen LogP contribution in [0, 0.1) is 5.92 Å². The van der Waals surface area contributed by atoms with Crippen molar-refractivity contribution in [1.29, 1.82) is 0 Å². The summed E-state index contributed by atoms with van der Waals surface area (Å²) in [7, 11) is 5.68. The first-order valence-electron chi connectivity index (χ1n) is 5.42. The molecule has 1 atom stereocenters. The van der Waals surface area contributed by atoms with Crippen molar-refractivity contribution < 1.29 is 4.79 Å². The zero-order valence-electron chi connectivity index (χ0n) is 9.86. The van der Waals surface area contributed by atoms with E-state index < -0.39 is 0 Å². The number of piperidine rings is 1. The van der Waals surface area contributed by atoms with Gasteiger partial charge in [0.25, 0.3) is 5.91 Å². The number of hydrogen-bond donors (Lipinski definition) is 2. The number of hydrogen-bond acceptors (Lipinski definition) is 4. The van der Waals surface area contributed by atoms with Crippen molar-refractivity contribution in [2.75, 3.05) is 34.2 Å². The van der Waals surface area contributed by atoms with Crippen molar-refractivity contribution in [2.45, 2.75) is 18.9 Å². The molecule has 15 heavy (non-hydrogen) atoms. The zero-order chi connectivity index (χ0) is 11.4. The third-order valence-electron chi connectivity index (χ3n) is 2.91. The molecular weight excluding hydrogens is 192 g/mol. The number of hydrazine groups is 1. The lowest BCUT2D eigenvalue weighted by atomic mass is 9.90. The van der Waals surface area contributed by atoms with Crippen LogP contribution in [0.4, 0.5) is 0 Å². The van der Waals surface area contributed by atoms with Gasteiger partial charge in [-0.15, -0.1) is 0 Å². The number of nitrogens with one attached hydrogen (secondary N) is 1. The summed E-state index contributed by atoms with van der Waals surface area (Å²) in [6, 6.07) is -0.374. The number of nitrogens with zero attached hydrogens (tertiary/aromatic N) is 2. The van der Waals surface area contributed by atoms with E-state index in [0.717, 1.165) is 25.9 Å². The summed E-state index contributed by atoms with van der Waals surface area (Å²) >= 11 is 0. The van der Waals surface area contributed by atoms with Crippen molar-refractivity contribution in [3.05, 3.63) is 0 Å². The maximum absolute atomic E-state index is 11.6. The van der Waals surface area contributed by atoms with Gasteiger partial charge in [-0.3, -0.25) is 10.2 Å². The third kappa shape index (κ3) is 3.77. The van der Waals surface area contributed by atoms with Crippen LogP contribution in [0.15, 0.2) is 0 Å². The second kappa shape index (κ2) is 5.44. The van der Waals surface area contributed by atoms with Crippen LogP contribution >= 0.6 is 0 Å². The van der Waals surface area contributed by atoms with Gasteiger partial charge in [0, 0.05) is 14.1 Å². The van der Waals surface area contributed by atoms with Gasteiger partial charge in [0.05, 0.1) is 6.04 Å². The molecule has 1 aliphatic rings. The van der Waals surface area contributed by atoms with Crippen LogP contribution in [-0.2, 0) is 4.79 Å². The maximum Gasteiger partial charge on any atom is 0.251 e. The fourth-order valence-electron chi connectivity index (χ4n) is 1.90. The van der Waals surface area contributed by atoms with E-state index in [1.54, 1.807) is 19.1 Å². The van der Waals surface area contributed by atoms with Crippen molar-refractivity contribution in [3.63, 3.8) is 0 Å². The SMILES string of the molecule is CN1CCC(C(N)C(=O)NN(C)C)CC1. The molecule has 0 bridgehead atoms. The highest BCUT2D eigenvalue weighted by Gasteiger charge is 2.27. The van der Waals surface area contributed by atoms with Crippen LogP contribution in [0.3, 0.4) is 0 Å². The summed E-state index contributed by atoms with van der Waals surface area (Å²) in [5.74, 6) is 0.246. The lowest BCUT2D eigenvalue weighted by molar-refractivity contribution is -0.127. The Morgan fingerprint density at radius 3 is 2.47 bits per heavy atom. The Bertz CT molecular complexity index is 211. The molecule has 1 heterocycles. The van der Waals surface area contributed by atoms with Gasteiger partial charge in [-0.25, -0.2) is 5.01 Å². The number of amides is 1. The van der Waals surface area contributed by atoms with E-state index in [9.17, 15) is 4.79 Å². The average molecular weight is 214 g/mol. The van der Waals surface area contributed by atoms with Crippen LogP contribution in [0.25, 0.3) is 0 Å². The molecule has 0 spiro atoms. The summed E-state index contributed by atoms with van der Waals surface area (Å²) in [5.41, 5.74) is 8.64. The average Bonchev–Trinajstić information content (AvgIpc) is 2.17. The smallest absolute Gasteiger partial charge is 0.251 e. The lowest BCUT2D eigenvalue weighted by Gasteiger charge is -2.32. The fraction of sp³-hybridized carbons (Fsp3) is 0.900. The highest BCUT2D eigenvalue weighted by Crippen LogP contribution is 2.18. The molecule has 88 valence electrons. The lowest BCUT2D eigenvalue weighted by Crippen LogP contribution is -2.51. The van der Waals surface area contributed by atoms with Gasteiger partial charge in [0.2, 0.25) is 0 Å². The molecule has 5 nitrogen and oxygen atoms in total. The van der Waals surface area contributed by atoms with E-state index in [-0.39, 0.29) is 11.9 Å². The maximum atomic E-state index is 11.6. The Labute approximate surface area is 91.6 Å². The van der Waals surface area contributed by atoms with E-state index in [0.29, 0.717) is 5.92 Å². The first-order valence-corrected chi connectivity index (χ1v) is 5.42. The van der Waals surface area contributed by atoms with E-state index in [1.807, 2.05) is 0 Å². The predicted octanol–water partition coefficient (Wildman–Crippen LogP) is -0.752.